The normalized spacial score (nSPS) is 18.1. The van der Waals surface area contributed by atoms with Gasteiger partial charge < -0.3 is 10.1 Å². The molecule has 2 rings (SSSR count). The van der Waals surface area contributed by atoms with Gasteiger partial charge >= 0.3 is 0 Å². The summed E-state index contributed by atoms with van der Waals surface area (Å²) in [7, 11) is 0. The first-order valence-electron chi connectivity index (χ1n) is 5.59. The highest BCUT2D eigenvalue weighted by Crippen LogP contribution is 2.37. The van der Waals surface area contributed by atoms with E-state index in [2.05, 4.69) is 36.2 Å². The van der Waals surface area contributed by atoms with Crippen LogP contribution >= 0.6 is 11.8 Å². The monoisotopic (exact) mass is 235 g/mol. The van der Waals surface area contributed by atoms with Crippen LogP contribution in [0.1, 0.15) is 18.0 Å². The number of benzene rings is 1. The largest absolute Gasteiger partial charge is 0.502 e. The van der Waals surface area contributed by atoms with Crippen LogP contribution < -0.4 is 5.32 Å². The minimum atomic E-state index is 0.505. The maximum Gasteiger partial charge on any atom is 0.0885 e. The summed E-state index contributed by atoms with van der Waals surface area (Å²) in [5, 5.41) is 3.56. The quantitative estimate of drug-likeness (QED) is 0.605. The molecule has 1 aliphatic heterocycles. The highest BCUT2D eigenvalue weighted by molar-refractivity contribution is 7.99. The summed E-state index contributed by atoms with van der Waals surface area (Å²) in [6.45, 7) is 5.26. The van der Waals surface area contributed by atoms with E-state index in [1.165, 1.54) is 16.7 Å². The van der Waals surface area contributed by atoms with E-state index in [0.29, 0.717) is 6.04 Å². The van der Waals surface area contributed by atoms with Crippen LogP contribution in [0, 0.1) is 0 Å². The van der Waals surface area contributed by atoms with Crippen LogP contribution in [0.5, 0.6) is 0 Å². The fourth-order valence-electron chi connectivity index (χ4n) is 1.85. The Morgan fingerprint density at radius 3 is 3.25 bits per heavy atom. The van der Waals surface area contributed by atoms with Crippen LogP contribution in [0.15, 0.2) is 42.0 Å². The lowest BCUT2D eigenvalue weighted by Crippen LogP contribution is -2.23. The Balaban J connectivity index is 1.78. The van der Waals surface area contributed by atoms with Gasteiger partial charge in [0.2, 0.25) is 0 Å². The van der Waals surface area contributed by atoms with Gasteiger partial charge in [0.25, 0.3) is 0 Å². The van der Waals surface area contributed by atoms with E-state index >= 15 is 0 Å². The Morgan fingerprint density at radius 1 is 1.50 bits per heavy atom. The molecule has 0 fully saturated rings. The lowest BCUT2D eigenvalue weighted by atomic mass is 10.1. The van der Waals surface area contributed by atoms with Gasteiger partial charge in [-0.15, -0.1) is 11.8 Å². The van der Waals surface area contributed by atoms with Crippen LogP contribution in [0.4, 0.5) is 0 Å². The number of nitrogens with one attached hydrogen (secondary N) is 1. The standard InChI is InChI=1S/C13H17NOS/c1-2-15-9-5-8-14-12-10-16-13-7-4-3-6-11(12)13/h2-4,6-7,12,14H,1,5,8-10H2. The summed E-state index contributed by atoms with van der Waals surface area (Å²) < 4.78 is 5.09. The highest BCUT2D eigenvalue weighted by Gasteiger charge is 2.21. The molecule has 0 aromatic heterocycles. The summed E-state index contributed by atoms with van der Waals surface area (Å²) in [4.78, 5) is 1.42. The third-order valence-electron chi connectivity index (χ3n) is 2.65. The zero-order valence-corrected chi connectivity index (χ0v) is 10.1. The molecular formula is C13H17NOS. The SMILES string of the molecule is C=COCCCNC1CSc2ccccc21. The Labute approximate surface area is 101 Å². The van der Waals surface area contributed by atoms with Crippen molar-refractivity contribution in [3.63, 3.8) is 0 Å². The number of rotatable bonds is 6. The third-order valence-corrected chi connectivity index (χ3v) is 3.83. The number of fused-ring (bicyclic) bond motifs is 1. The van der Waals surface area contributed by atoms with Crippen molar-refractivity contribution in [2.24, 2.45) is 0 Å². The van der Waals surface area contributed by atoms with Crippen molar-refractivity contribution in [3.8, 4) is 0 Å². The van der Waals surface area contributed by atoms with Gasteiger partial charge in [0.05, 0.1) is 12.9 Å². The first kappa shape index (κ1) is 11.6. The fraction of sp³-hybridized carbons (Fsp3) is 0.385. The number of hydrogen-bond donors (Lipinski definition) is 1. The molecule has 0 saturated heterocycles. The molecule has 1 N–H and O–H groups in total. The minimum absolute atomic E-state index is 0.505. The van der Waals surface area contributed by atoms with E-state index in [4.69, 9.17) is 4.74 Å². The molecule has 3 heteroatoms. The zero-order chi connectivity index (χ0) is 11.2. The van der Waals surface area contributed by atoms with Gasteiger partial charge in [-0.25, -0.2) is 0 Å². The predicted molar refractivity (Wildman–Crippen MR) is 68.7 cm³/mol. The molecule has 0 saturated carbocycles. The van der Waals surface area contributed by atoms with E-state index in [0.717, 1.165) is 25.3 Å². The van der Waals surface area contributed by atoms with E-state index in [1.807, 2.05) is 11.8 Å². The van der Waals surface area contributed by atoms with E-state index in [-0.39, 0.29) is 0 Å². The third kappa shape index (κ3) is 2.80. The molecule has 1 aromatic carbocycles. The molecule has 0 amide bonds. The maximum atomic E-state index is 5.09. The Kier molecular flexibility index (Phi) is 4.31. The second-order valence-electron chi connectivity index (χ2n) is 3.75. The lowest BCUT2D eigenvalue weighted by molar-refractivity contribution is 0.243. The minimum Gasteiger partial charge on any atom is -0.502 e. The molecule has 0 radical (unpaired) electrons. The number of hydrogen-bond acceptors (Lipinski definition) is 3. The van der Waals surface area contributed by atoms with Crippen molar-refractivity contribution < 1.29 is 4.74 Å². The van der Waals surface area contributed by atoms with E-state index in [9.17, 15) is 0 Å². The van der Waals surface area contributed by atoms with Crippen molar-refractivity contribution in [3.05, 3.63) is 42.7 Å². The molecule has 0 spiro atoms. The van der Waals surface area contributed by atoms with Crippen LogP contribution in [-0.4, -0.2) is 18.9 Å². The second-order valence-corrected chi connectivity index (χ2v) is 4.81. The molecule has 2 nitrogen and oxygen atoms in total. The van der Waals surface area contributed by atoms with Crippen molar-refractivity contribution in [1.82, 2.24) is 5.32 Å². The van der Waals surface area contributed by atoms with Crippen molar-refractivity contribution in [2.45, 2.75) is 17.4 Å². The Morgan fingerprint density at radius 2 is 2.38 bits per heavy atom. The first-order valence-corrected chi connectivity index (χ1v) is 6.58. The highest BCUT2D eigenvalue weighted by atomic mass is 32.2. The van der Waals surface area contributed by atoms with Crippen LogP contribution in [0.3, 0.4) is 0 Å². The maximum absolute atomic E-state index is 5.09. The van der Waals surface area contributed by atoms with Crippen LogP contribution in [0.25, 0.3) is 0 Å². The van der Waals surface area contributed by atoms with Crippen molar-refractivity contribution >= 4 is 11.8 Å². The fourth-order valence-corrected chi connectivity index (χ4v) is 3.04. The summed E-state index contributed by atoms with van der Waals surface area (Å²) in [6.07, 6.45) is 2.52. The summed E-state index contributed by atoms with van der Waals surface area (Å²) >= 11 is 1.93. The topological polar surface area (TPSA) is 21.3 Å². The van der Waals surface area contributed by atoms with Crippen molar-refractivity contribution in [2.75, 3.05) is 18.9 Å². The Hall–Kier alpha value is -0.930. The van der Waals surface area contributed by atoms with Crippen LogP contribution in [-0.2, 0) is 4.74 Å². The van der Waals surface area contributed by atoms with E-state index in [1.54, 1.807) is 0 Å². The zero-order valence-electron chi connectivity index (χ0n) is 9.32. The second kappa shape index (κ2) is 5.97. The molecule has 1 aliphatic rings. The average molecular weight is 235 g/mol. The number of ether oxygens (including phenoxy) is 1. The molecule has 0 aliphatic carbocycles. The van der Waals surface area contributed by atoms with Gasteiger partial charge in [-0.1, -0.05) is 24.8 Å². The van der Waals surface area contributed by atoms with E-state index < -0.39 is 0 Å². The summed E-state index contributed by atoms with van der Waals surface area (Å²) in [5.74, 6) is 1.14. The van der Waals surface area contributed by atoms with Crippen molar-refractivity contribution in [1.29, 1.82) is 0 Å². The van der Waals surface area contributed by atoms with Gasteiger partial charge in [0.15, 0.2) is 0 Å². The Bertz CT molecular complexity index is 354. The molecule has 16 heavy (non-hydrogen) atoms. The lowest BCUT2D eigenvalue weighted by Gasteiger charge is -2.12. The summed E-state index contributed by atoms with van der Waals surface area (Å²) in [5.41, 5.74) is 1.44. The van der Waals surface area contributed by atoms with Gasteiger partial charge in [-0.3, -0.25) is 0 Å². The smallest absolute Gasteiger partial charge is 0.0885 e. The molecule has 1 aromatic rings. The molecule has 1 unspecified atom stereocenters. The predicted octanol–water partition coefficient (Wildman–Crippen LogP) is 2.97. The number of thioether (sulfide) groups is 1. The first-order chi connectivity index (χ1) is 7.92. The van der Waals surface area contributed by atoms with Gasteiger partial charge in [0.1, 0.15) is 0 Å². The van der Waals surface area contributed by atoms with Crippen LogP contribution in [0.2, 0.25) is 0 Å². The summed E-state index contributed by atoms with van der Waals surface area (Å²) in [6, 6.07) is 9.13. The molecule has 1 heterocycles. The molecule has 0 bridgehead atoms. The van der Waals surface area contributed by atoms with Gasteiger partial charge in [0, 0.05) is 16.7 Å². The molecule has 86 valence electrons. The van der Waals surface area contributed by atoms with Gasteiger partial charge in [-0.2, -0.15) is 0 Å². The molecular weight excluding hydrogens is 218 g/mol. The van der Waals surface area contributed by atoms with Gasteiger partial charge in [-0.05, 0) is 24.6 Å². The average Bonchev–Trinajstić information content (AvgIpc) is 2.73. The molecule has 1 atom stereocenters.